The second-order valence-corrected chi connectivity index (χ2v) is 12.1. The number of hydrogen-bond acceptors (Lipinski definition) is 11. The van der Waals surface area contributed by atoms with Crippen LogP contribution in [-0.2, 0) is 48.3 Å². The van der Waals surface area contributed by atoms with Crippen LogP contribution in [0.2, 0.25) is 0 Å². The van der Waals surface area contributed by atoms with Crippen molar-refractivity contribution in [3.05, 3.63) is 48.0 Å². The Morgan fingerprint density at radius 1 is 0.909 bits per heavy atom. The molecule has 2 N–H and O–H groups in total. The van der Waals surface area contributed by atoms with Crippen LogP contribution in [0.5, 0.6) is 5.75 Å². The number of nitrogens with zero attached hydrogens (tertiary/aromatic N) is 1. The van der Waals surface area contributed by atoms with Crippen LogP contribution in [0.25, 0.3) is 11.1 Å². The Bertz CT molecular complexity index is 1500. The molecule has 0 saturated carbocycles. The number of aryl methyl sites for hydroxylation is 1. The Kier molecular flexibility index (Phi) is 11.3. The average Bonchev–Trinajstić information content (AvgIpc) is 2.90. The molecule has 1 heterocycles. The van der Waals surface area contributed by atoms with Crippen LogP contribution in [0.4, 0.5) is 5.69 Å². The molecule has 0 unspecified atom stereocenters. The predicted molar refractivity (Wildman–Crippen MR) is 157 cm³/mol. The maximum Gasteiger partial charge on any atom is 0.303 e. The summed E-state index contributed by atoms with van der Waals surface area (Å²) in [6, 6.07) is 10.7. The molecule has 0 aliphatic carbocycles. The lowest BCUT2D eigenvalue weighted by Crippen LogP contribution is -2.67. The maximum atomic E-state index is 12.4. The van der Waals surface area contributed by atoms with Crippen LogP contribution in [-0.4, -0.2) is 87.9 Å². The SMILES string of the molecule is CC(=O)N[C@H]1[C@H](Oc2cccc(C)c2-c2cccc(NS(=O)(=O)N(C)C)c2)O[C@H](COC(C)=O)[C@H](OC(C)=O)[C@@H]1OC(C)=O. The van der Waals surface area contributed by atoms with Gasteiger partial charge in [-0.05, 0) is 36.2 Å². The highest BCUT2D eigenvalue weighted by atomic mass is 32.2. The van der Waals surface area contributed by atoms with Gasteiger partial charge in [-0.3, -0.25) is 23.9 Å². The summed E-state index contributed by atoms with van der Waals surface area (Å²) in [6.45, 7) is 6.17. The van der Waals surface area contributed by atoms with Gasteiger partial charge in [-0.1, -0.05) is 24.3 Å². The number of hydrogen-bond donors (Lipinski definition) is 2. The molecule has 1 saturated heterocycles. The third kappa shape index (κ3) is 8.90. The number of rotatable bonds is 11. The number of carbonyl (C=O) groups excluding carboxylic acids is 4. The minimum Gasteiger partial charge on any atom is -0.463 e. The Labute approximate surface area is 256 Å². The van der Waals surface area contributed by atoms with Crippen molar-refractivity contribution in [3.63, 3.8) is 0 Å². The van der Waals surface area contributed by atoms with Crippen molar-refractivity contribution < 1.29 is 51.3 Å². The summed E-state index contributed by atoms with van der Waals surface area (Å²) in [6.07, 6.45) is -5.06. The first-order valence-electron chi connectivity index (χ1n) is 13.6. The van der Waals surface area contributed by atoms with Crippen LogP contribution in [0, 0.1) is 6.92 Å². The number of amides is 1. The zero-order valence-corrected chi connectivity index (χ0v) is 26.3. The third-order valence-corrected chi connectivity index (χ3v) is 7.88. The van der Waals surface area contributed by atoms with E-state index in [0.717, 1.165) is 23.7 Å². The van der Waals surface area contributed by atoms with E-state index in [4.69, 9.17) is 23.7 Å². The van der Waals surface area contributed by atoms with E-state index < -0.39 is 64.7 Å². The predicted octanol–water partition coefficient (Wildman–Crippen LogP) is 1.92. The second-order valence-electron chi connectivity index (χ2n) is 10.3. The maximum absolute atomic E-state index is 12.4. The molecule has 3 rings (SSSR count). The summed E-state index contributed by atoms with van der Waals surface area (Å²) in [5, 5.41) is 2.67. The molecule has 2 aromatic rings. The fourth-order valence-corrected chi connectivity index (χ4v) is 5.21. The van der Waals surface area contributed by atoms with Crippen molar-refractivity contribution in [2.24, 2.45) is 0 Å². The Morgan fingerprint density at radius 3 is 2.14 bits per heavy atom. The molecular weight excluding hydrogens is 598 g/mol. The Hall–Kier alpha value is -4.21. The lowest BCUT2D eigenvalue weighted by molar-refractivity contribution is -0.257. The Morgan fingerprint density at radius 2 is 1.55 bits per heavy atom. The van der Waals surface area contributed by atoms with Gasteiger partial charge in [0.1, 0.15) is 24.5 Å². The average molecular weight is 636 g/mol. The number of nitrogens with one attached hydrogen (secondary N) is 2. The van der Waals surface area contributed by atoms with Crippen molar-refractivity contribution in [1.82, 2.24) is 9.62 Å². The summed E-state index contributed by atoms with van der Waals surface area (Å²) >= 11 is 0. The second kappa shape index (κ2) is 14.5. The van der Waals surface area contributed by atoms with Gasteiger partial charge in [0.2, 0.25) is 12.2 Å². The molecule has 1 fully saturated rings. The fraction of sp³-hybridized carbons (Fsp3) is 0.448. The van der Waals surface area contributed by atoms with Crippen LogP contribution >= 0.6 is 0 Å². The normalized spacial score (nSPS) is 21.6. The highest BCUT2D eigenvalue weighted by Gasteiger charge is 2.52. The topological polar surface area (TPSA) is 176 Å². The van der Waals surface area contributed by atoms with E-state index in [0.29, 0.717) is 16.8 Å². The first-order valence-corrected chi connectivity index (χ1v) is 15.0. The number of esters is 3. The molecule has 1 aliphatic heterocycles. The van der Waals surface area contributed by atoms with E-state index >= 15 is 0 Å². The summed E-state index contributed by atoms with van der Waals surface area (Å²) in [5.41, 5.74) is 2.23. The molecule has 15 heteroatoms. The van der Waals surface area contributed by atoms with Crippen LogP contribution in [0.1, 0.15) is 33.3 Å². The van der Waals surface area contributed by atoms with E-state index in [-0.39, 0.29) is 12.4 Å². The zero-order valence-electron chi connectivity index (χ0n) is 25.5. The molecule has 5 atom stereocenters. The highest BCUT2D eigenvalue weighted by molar-refractivity contribution is 7.90. The lowest BCUT2D eigenvalue weighted by Gasteiger charge is -2.45. The zero-order chi connectivity index (χ0) is 32.8. The minimum absolute atomic E-state index is 0.275. The van der Waals surface area contributed by atoms with Crippen molar-refractivity contribution in [2.75, 3.05) is 25.4 Å². The molecule has 0 spiro atoms. The summed E-state index contributed by atoms with van der Waals surface area (Å²) in [7, 11) is -0.978. The number of anilines is 1. The van der Waals surface area contributed by atoms with Crippen molar-refractivity contribution in [3.8, 4) is 16.9 Å². The van der Waals surface area contributed by atoms with E-state index in [1.54, 1.807) is 36.4 Å². The first-order chi connectivity index (χ1) is 20.6. The van der Waals surface area contributed by atoms with Gasteiger partial charge in [-0.25, -0.2) is 0 Å². The quantitative estimate of drug-likeness (QED) is 0.273. The van der Waals surface area contributed by atoms with Crippen molar-refractivity contribution in [1.29, 1.82) is 0 Å². The van der Waals surface area contributed by atoms with Crippen LogP contribution in [0.15, 0.2) is 42.5 Å². The standard InChI is InChI=1S/C29H37N3O11S/c1-16-10-8-13-23(25(16)21-11-9-12-22(14-21)31-44(37,38)32(6)7)42-29-26(30-17(2)33)28(41-20(5)36)27(40-19(4)35)24(43-29)15-39-18(3)34/h8-14,24,26-29,31H,15H2,1-7H3,(H,30,33)/t24-,26-,27+,28-,29-/m1/s1. The van der Waals surface area contributed by atoms with E-state index in [2.05, 4.69) is 10.0 Å². The summed E-state index contributed by atoms with van der Waals surface area (Å²) in [5.74, 6) is -2.34. The van der Waals surface area contributed by atoms with Crippen molar-refractivity contribution in [2.45, 2.75) is 65.3 Å². The highest BCUT2D eigenvalue weighted by Crippen LogP contribution is 2.37. The van der Waals surface area contributed by atoms with E-state index in [1.165, 1.54) is 27.9 Å². The summed E-state index contributed by atoms with van der Waals surface area (Å²) in [4.78, 5) is 48.2. The molecule has 0 bridgehead atoms. The smallest absolute Gasteiger partial charge is 0.303 e. The molecule has 0 aromatic heterocycles. The largest absolute Gasteiger partial charge is 0.463 e. The molecule has 44 heavy (non-hydrogen) atoms. The van der Waals surface area contributed by atoms with Gasteiger partial charge in [0, 0.05) is 47.4 Å². The third-order valence-electron chi connectivity index (χ3n) is 6.43. The van der Waals surface area contributed by atoms with E-state index in [9.17, 15) is 27.6 Å². The van der Waals surface area contributed by atoms with Gasteiger partial charge in [0.15, 0.2) is 12.2 Å². The van der Waals surface area contributed by atoms with Gasteiger partial charge in [0.25, 0.3) is 0 Å². The monoisotopic (exact) mass is 635 g/mol. The van der Waals surface area contributed by atoms with Gasteiger partial charge in [-0.2, -0.15) is 12.7 Å². The van der Waals surface area contributed by atoms with Gasteiger partial charge >= 0.3 is 28.1 Å². The van der Waals surface area contributed by atoms with Gasteiger partial charge in [-0.15, -0.1) is 0 Å². The molecular formula is C29H37N3O11S. The number of benzene rings is 2. The minimum atomic E-state index is -3.78. The first kappa shape index (κ1) is 34.3. The molecule has 14 nitrogen and oxygen atoms in total. The van der Waals surface area contributed by atoms with E-state index in [1.807, 2.05) is 13.0 Å². The molecule has 2 aromatic carbocycles. The van der Waals surface area contributed by atoms with Crippen LogP contribution in [0.3, 0.4) is 0 Å². The fourth-order valence-electron chi connectivity index (χ4n) is 4.60. The summed E-state index contributed by atoms with van der Waals surface area (Å²) < 4.78 is 57.1. The molecule has 240 valence electrons. The van der Waals surface area contributed by atoms with Crippen LogP contribution < -0.4 is 14.8 Å². The lowest BCUT2D eigenvalue weighted by atomic mass is 9.95. The Balaban J connectivity index is 2.10. The number of ether oxygens (including phenoxy) is 5. The van der Waals surface area contributed by atoms with Gasteiger partial charge in [0.05, 0.1) is 5.69 Å². The molecule has 0 radical (unpaired) electrons. The number of carbonyl (C=O) groups is 4. The van der Waals surface area contributed by atoms with Crippen molar-refractivity contribution >= 4 is 39.7 Å². The molecule has 1 aliphatic rings. The molecule has 1 amide bonds. The van der Waals surface area contributed by atoms with Gasteiger partial charge < -0.3 is 29.0 Å².